The molecule has 0 unspecified atom stereocenters. The lowest BCUT2D eigenvalue weighted by Gasteiger charge is -2.15. The minimum absolute atomic E-state index is 0.179. The van der Waals surface area contributed by atoms with E-state index in [1.165, 1.54) is 9.80 Å². The summed E-state index contributed by atoms with van der Waals surface area (Å²) in [4.78, 5) is 50.6. The maximum absolute atomic E-state index is 12.0. The smallest absolute Gasteiger partial charge is 0.262 e. The summed E-state index contributed by atoms with van der Waals surface area (Å²) in [5.74, 6) is -0.181. The van der Waals surface area contributed by atoms with Crippen LogP contribution >= 0.6 is 31.9 Å². The van der Waals surface area contributed by atoms with Gasteiger partial charge in [-0.2, -0.15) is 0 Å². The zero-order valence-electron chi connectivity index (χ0n) is 18.3. The summed E-state index contributed by atoms with van der Waals surface area (Å²) in [6, 6.07) is 10.4. The molecule has 2 aliphatic rings. The van der Waals surface area contributed by atoms with Crippen molar-refractivity contribution in [3.05, 3.63) is 67.6 Å². The van der Waals surface area contributed by atoms with Gasteiger partial charge in [-0.1, -0.05) is 49.7 Å². The van der Waals surface area contributed by atoms with Crippen molar-refractivity contribution in [2.45, 2.75) is 27.7 Å². The zero-order valence-corrected chi connectivity index (χ0v) is 21.5. The fourth-order valence-electron chi connectivity index (χ4n) is 3.62. The molecule has 6 nitrogen and oxygen atoms in total. The molecule has 2 heterocycles. The van der Waals surface area contributed by atoms with E-state index in [0.29, 0.717) is 39.8 Å². The summed E-state index contributed by atoms with van der Waals surface area (Å²) in [6.45, 7) is 8.89. The quantitative estimate of drug-likeness (QED) is 0.467. The van der Waals surface area contributed by atoms with Gasteiger partial charge in [0, 0.05) is 22.0 Å². The van der Waals surface area contributed by atoms with Crippen LogP contribution in [0.4, 0.5) is 0 Å². The Morgan fingerprint density at radius 2 is 1.22 bits per heavy atom. The second-order valence-electron chi connectivity index (χ2n) is 8.58. The number of carbonyl (C=O) groups excluding carboxylic acids is 4. The van der Waals surface area contributed by atoms with Crippen LogP contribution in [0.3, 0.4) is 0 Å². The maximum Gasteiger partial charge on any atom is 0.262 e. The van der Waals surface area contributed by atoms with Crippen LogP contribution in [0.2, 0.25) is 0 Å². The molecule has 168 valence electrons. The highest BCUT2D eigenvalue weighted by Gasteiger charge is 2.37. The maximum atomic E-state index is 12.0. The zero-order chi connectivity index (χ0) is 23.7. The standard InChI is InChI=1S/2C12H12BrNO2/c1-7(2)6-14-11(15)9-4-3-8(13)5-10(9)12(14)16;1-7(2)6-14-11(15)8-4-3-5-9(13)10(8)12(14)16/h2*3-5,7H,6H2,1-2H3. The highest BCUT2D eigenvalue weighted by molar-refractivity contribution is 9.10. The van der Waals surface area contributed by atoms with Gasteiger partial charge in [0.1, 0.15) is 0 Å². The van der Waals surface area contributed by atoms with Crippen LogP contribution in [0, 0.1) is 11.8 Å². The third-order valence-electron chi connectivity index (χ3n) is 4.98. The molecule has 8 heteroatoms. The molecule has 2 aromatic carbocycles. The van der Waals surface area contributed by atoms with Crippen molar-refractivity contribution in [2.75, 3.05) is 13.1 Å². The summed E-state index contributed by atoms with van der Waals surface area (Å²) in [5.41, 5.74) is 2.00. The number of halogens is 2. The molecule has 2 aliphatic heterocycles. The van der Waals surface area contributed by atoms with Gasteiger partial charge in [-0.05, 0) is 58.1 Å². The van der Waals surface area contributed by atoms with Crippen molar-refractivity contribution in [1.29, 1.82) is 0 Å². The van der Waals surface area contributed by atoms with Crippen molar-refractivity contribution in [1.82, 2.24) is 9.80 Å². The number of hydrogen-bond acceptors (Lipinski definition) is 4. The summed E-state index contributed by atoms with van der Waals surface area (Å²) in [5, 5.41) is 0. The van der Waals surface area contributed by atoms with Crippen LogP contribution in [0.25, 0.3) is 0 Å². The second kappa shape index (κ2) is 9.67. The molecular weight excluding hydrogens is 540 g/mol. The predicted molar refractivity (Wildman–Crippen MR) is 129 cm³/mol. The van der Waals surface area contributed by atoms with Gasteiger partial charge >= 0.3 is 0 Å². The number of rotatable bonds is 4. The van der Waals surface area contributed by atoms with E-state index >= 15 is 0 Å². The normalized spacial score (nSPS) is 14.9. The first-order valence-corrected chi connectivity index (χ1v) is 11.9. The third kappa shape index (κ3) is 4.71. The number of benzene rings is 2. The Morgan fingerprint density at radius 1 is 0.688 bits per heavy atom. The van der Waals surface area contributed by atoms with E-state index in [1.807, 2.05) is 27.7 Å². The SMILES string of the molecule is CC(C)CN1C(=O)c2ccc(Br)cc2C1=O.CC(C)CN1C(=O)c2cccc(Br)c2C1=O. The van der Waals surface area contributed by atoms with Gasteiger partial charge in [-0.25, -0.2) is 0 Å². The third-order valence-corrected chi connectivity index (χ3v) is 6.13. The number of imide groups is 2. The van der Waals surface area contributed by atoms with Gasteiger partial charge in [0.2, 0.25) is 0 Å². The topological polar surface area (TPSA) is 74.8 Å². The molecule has 2 aromatic rings. The Bertz CT molecular complexity index is 1110. The highest BCUT2D eigenvalue weighted by Crippen LogP contribution is 2.30. The molecule has 0 fully saturated rings. The van der Waals surface area contributed by atoms with Crippen molar-refractivity contribution < 1.29 is 19.2 Å². The lowest BCUT2D eigenvalue weighted by atomic mass is 10.1. The van der Waals surface area contributed by atoms with Gasteiger partial charge in [-0.3, -0.25) is 29.0 Å². The average molecular weight is 564 g/mol. The van der Waals surface area contributed by atoms with E-state index in [2.05, 4.69) is 31.9 Å². The van der Waals surface area contributed by atoms with E-state index in [4.69, 9.17) is 0 Å². The van der Waals surface area contributed by atoms with Crippen molar-refractivity contribution in [3.8, 4) is 0 Å². The van der Waals surface area contributed by atoms with Gasteiger partial charge in [0.25, 0.3) is 23.6 Å². The molecule has 4 rings (SSSR count). The summed E-state index contributed by atoms with van der Waals surface area (Å²) in [6.07, 6.45) is 0. The van der Waals surface area contributed by atoms with Crippen molar-refractivity contribution in [2.24, 2.45) is 11.8 Å². The molecule has 0 saturated carbocycles. The molecule has 0 aromatic heterocycles. The Labute approximate surface area is 204 Å². The van der Waals surface area contributed by atoms with Crippen molar-refractivity contribution >= 4 is 55.5 Å². The molecular formula is C24H24Br2N2O4. The molecule has 0 atom stereocenters. The molecule has 0 bridgehead atoms. The monoisotopic (exact) mass is 562 g/mol. The fourth-order valence-corrected chi connectivity index (χ4v) is 4.51. The minimum atomic E-state index is -0.193. The fraction of sp³-hybridized carbons (Fsp3) is 0.333. The average Bonchev–Trinajstić information content (AvgIpc) is 3.09. The molecule has 0 radical (unpaired) electrons. The summed E-state index contributed by atoms with van der Waals surface area (Å²) >= 11 is 6.61. The lowest BCUT2D eigenvalue weighted by molar-refractivity contribution is 0.0621. The molecule has 32 heavy (non-hydrogen) atoms. The second-order valence-corrected chi connectivity index (χ2v) is 10.4. The molecule has 4 amide bonds. The molecule has 0 N–H and O–H groups in total. The first-order chi connectivity index (χ1) is 15.0. The Balaban J connectivity index is 0.000000181. The number of hydrogen-bond donors (Lipinski definition) is 0. The van der Waals surface area contributed by atoms with Crippen LogP contribution in [0.15, 0.2) is 45.3 Å². The number of nitrogens with zero attached hydrogens (tertiary/aromatic N) is 2. The molecule has 0 aliphatic carbocycles. The van der Waals surface area contributed by atoms with Crippen LogP contribution in [-0.2, 0) is 0 Å². The van der Waals surface area contributed by atoms with Crippen molar-refractivity contribution in [3.63, 3.8) is 0 Å². The highest BCUT2D eigenvalue weighted by atomic mass is 79.9. The molecule has 0 spiro atoms. The summed E-state index contributed by atoms with van der Waals surface area (Å²) in [7, 11) is 0. The Hall–Kier alpha value is -2.32. The van der Waals surface area contributed by atoms with E-state index < -0.39 is 0 Å². The van der Waals surface area contributed by atoms with Gasteiger partial charge < -0.3 is 0 Å². The number of fused-ring (bicyclic) bond motifs is 2. The van der Waals surface area contributed by atoms with Gasteiger partial charge in [0.05, 0.1) is 22.3 Å². The predicted octanol–water partition coefficient (Wildman–Crippen LogP) is 5.40. The van der Waals surface area contributed by atoms with Crippen LogP contribution in [0.1, 0.15) is 69.1 Å². The van der Waals surface area contributed by atoms with E-state index in [0.717, 1.165) is 4.47 Å². The first-order valence-electron chi connectivity index (χ1n) is 10.3. The minimum Gasteiger partial charge on any atom is -0.274 e. The Morgan fingerprint density at radius 3 is 1.78 bits per heavy atom. The van der Waals surface area contributed by atoms with Gasteiger partial charge in [-0.15, -0.1) is 0 Å². The van der Waals surface area contributed by atoms with E-state index in [1.54, 1.807) is 36.4 Å². The largest absolute Gasteiger partial charge is 0.274 e. The lowest BCUT2D eigenvalue weighted by Crippen LogP contribution is -2.33. The van der Waals surface area contributed by atoms with Crippen LogP contribution < -0.4 is 0 Å². The first kappa shape index (κ1) is 24.3. The van der Waals surface area contributed by atoms with E-state index in [-0.39, 0.29) is 35.5 Å². The van der Waals surface area contributed by atoms with E-state index in [9.17, 15) is 19.2 Å². The number of carbonyl (C=O) groups is 4. The Kier molecular flexibility index (Phi) is 7.35. The van der Waals surface area contributed by atoms with Crippen LogP contribution in [-0.4, -0.2) is 46.5 Å². The number of amides is 4. The van der Waals surface area contributed by atoms with Crippen LogP contribution in [0.5, 0.6) is 0 Å². The molecule has 0 saturated heterocycles. The van der Waals surface area contributed by atoms with Gasteiger partial charge in [0.15, 0.2) is 0 Å². The summed E-state index contributed by atoms with van der Waals surface area (Å²) < 4.78 is 1.51.